The molecule has 1 heterocycles. The van der Waals surface area contributed by atoms with Crippen molar-refractivity contribution in [3.63, 3.8) is 0 Å². The van der Waals surface area contributed by atoms with Crippen molar-refractivity contribution in [1.82, 2.24) is 21.1 Å². The Morgan fingerprint density at radius 1 is 1.09 bits per heavy atom. The minimum absolute atomic E-state index is 0.0488. The number of nitrogens with zero attached hydrogens (tertiary/aromatic N) is 1. The molecule has 0 unspecified atom stereocenters. The maximum Gasteiger partial charge on any atom is 0.408 e. The zero-order valence-corrected chi connectivity index (χ0v) is 21.7. The Hall–Kier alpha value is -2.07. The van der Waals surface area contributed by atoms with Crippen LogP contribution in [0.1, 0.15) is 68.2 Å². The Labute approximate surface area is 201 Å². The molecule has 1 aliphatic rings. The highest BCUT2D eigenvalue weighted by Crippen LogP contribution is 2.15. The van der Waals surface area contributed by atoms with Gasteiger partial charge in [-0.25, -0.2) is 10.2 Å². The molecule has 1 fully saturated rings. The average Bonchev–Trinajstić information content (AvgIpc) is 2.67. The highest BCUT2D eigenvalue weighted by atomic mass is 35.5. The van der Waals surface area contributed by atoms with Gasteiger partial charge in [0.25, 0.3) is 5.91 Å². The van der Waals surface area contributed by atoms with Gasteiger partial charge >= 0.3 is 12.1 Å². The Morgan fingerprint density at radius 2 is 1.70 bits per heavy atom. The molecule has 0 spiro atoms. The second kappa shape index (κ2) is 11.9. The molecule has 0 aromatic carbocycles. The normalized spacial score (nSPS) is 18.8. The predicted octanol–water partition coefficient (Wildman–Crippen LogP) is 2.10. The van der Waals surface area contributed by atoms with E-state index in [1.54, 1.807) is 55.4 Å². The van der Waals surface area contributed by atoms with Gasteiger partial charge in [-0.05, 0) is 60.3 Å². The fourth-order valence-corrected chi connectivity index (χ4v) is 3.08. The van der Waals surface area contributed by atoms with Crippen LogP contribution in [0.25, 0.3) is 0 Å². The monoisotopic (exact) mass is 490 g/mol. The summed E-state index contributed by atoms with van der Waals surface area (Å²) in [5.74, 6) is -1.63. The number of ether oxygens (including phenoxy) is 2. The highest BCUT2D eigenvalue weighted by Gasteiger charge is 2.34. The van der Waals surface area contributed by atoms with Crippen molar-refractivity contribution in [2.45, 2.75) is 96.8 Å². The maximum absolute atomic E-state index is 12.9. The number of alkyl carbamates (subject to hydrolysis) is 1. The summed E-state index contributed by atoms with van der Waals surface area (Å²) in [7, 11) is 0. The van der Waals surface area contributed by atoms with Gasteiger partial charge in [-0.3, -0.25) is 19.4 Å². The number of hydrogen-bond acceptors (Lipinski definition) is 7. The lowest BCUT2D eigenvalue weighted by molar-refractivity contribution is -0.153. The Bertz CT molecular complexity index is 717. The van der Waals surface area contributed by atoms with E-state index in [-0.39, 0.29) is 12.5 Å². The second-order valence-electron chi connectivity index (χ2n) is 10.2. The summed E-state index contributed by atoms with van der Waals surface area (Å²) in [5.41, 5.74) is 2.17. The third kappa shape index (κ3) is 10.6. The molecule has 1 saturated heterocycles. The number of hydrogen-bond donors (Lipinski definition) is 3. The van der Waals surface area contributed by atoms with Gasteiger partial charge < -0.3 is 20.1 Å². The second-order valence-corrected chi connectivity index (χ2v) is 11.3. The Morgan fingerprint density at radius 3 is 2.21 bits per heavy atom. The Kier molecular flexibility index (Phi) is 10.4. The van der Waals surface area contributed by atoms with E-state index in [1.807, 2.05) is 0 Å². The quantitative estimate of drug-likeness (QED) is 0.351. The fraction of sp³-hybridized carbons (Fsp3) is 0.818. The summed E-state index contributed by atoms with van der Waals surface area (Å²) >= 11 is 6.06. The van der Waals surface area contributed by atoms with Gasteiger partial charge in [-0.2, -0.15) is 0 Å². The lowest BCUT2D eigenvalue weighted by Crippen LogP contribution is -2.61. The number of amides is 3. The van der Waals surface area contributed by atoms with Crippen molar-refractivity contribution in [2.75, 3.05) is 13.2 Å². The molecule has 3 atom stereocenters. The zero-order chi connectivity index (χ0) is 25.6. The van der Waals surface area contributed by atoms with E-state index >= 15 is 0 Å². The van der Waals surface area contributed by atoms with Gasteiger partial charge in [-0.1, -0.05) is 13.8 Å². The van der Waals surface area contributed by atoms with Crippen molar-refractivity contribution in [3.05, 3.63) is 0 Å². The molecule has 190 valence electrons. The molecular formula is C22H39ClN4O6. The van der Waals surface area contributed by atoms with Crippen LogP contribution in [-0.4, -0.2) is 70.6 Å². The van der Waals surface area contributed by atoms with Gasteiger partial charge in [0.1, 0.15) is 30.3 Å². The molecule has 1 rings (SSSR count). The van der Waals surface area contributed by atoms with Crippen LogP contribution in [0, 0.1) is 5.92 Å². The summed E-state index contributed by atoms with van der Waals surface area (Å²) in [5, 5.41) is 6.52. The van der Waals surface area contributed by atoms with Crippen LogP contribution in [0.2, 0.25) is 0 Å². The number of esters is 1. The van der Waals surface area contributed by atoms with Gasteiger partial charge in [0.05, 0.1) is 4.87 Å². The zero-order valence-electron chi connectivity index (χ0n) is 20.9. The van der Waals surface area contributed by atoms with Crippen LogP contribution in [0.5, 0.6) is 0 Å². The predicted molar refractivity (Wildman–Crippen MR) is 124 cm³/mol. The maximum atomic E-state index is 12.9. The number of alkyl halides is 1. The first-order chi connectivity index (χ1) is 15.0. The summed E-state index contributed by atoms with van der Waals surface area (Å²) < 4.78 is 10.5. The molecule has 0 aliphatic carbocycles. The van der Waals surface area contributed by atoms with E-state index in [0.29, 0.717) is 19.4 Å². The standard InChI is InChI=1S/C22H39ClN4O6/c1-13(2)16(25-20(31)33-21(4,5)6)17(28)24-14(3)18(29)27-11-9-10-15(26-27)19(30)32-12-22(7,8)23/h13-16,26H,9-12H2,1-8H3,(H,24,28)(H,25,31)/t14-,15-,16-/m0/s1. The van der Waals surface area contributed by atoms with Crippen LogP contribution in [0.15, 0.2) is 0 Å². The summed E-state index contributed by atoms with van der Waals surface area (Å²) in [6.07, 6.45) is 0.397. The molecular weight excluding hydrogens is 452 g/mol. The van der Waals surface area contributed by atoms with Crippen LogP contribution < -0.4 is 16.1 Å². The van der Waals surface area contributed by atoms with Gasteiger partial charge in [0, 0.05) is 6.54 Å². The van der Waals surface area contributed by atoms with E-state index < -0.39 is 52.5 Å². The van der Waals surface area contributed by atoms with E-state index in [9.17, 15) is 19.2 Å². The molecule has 3 amide bonds. The SMILES string of the molecule is CC(C)[C@H](NC(=O)OC(C)(C)C)C(=O)N[C@@H](C)C(=O)N1CCC[C@@H](C(=O)OCC(C)(C)Cl)N1. The van der Waals surface area contributed by atoms with E-state index in [0.717, 1.165) is 0 Å². The summed E-state index contributed by atoms with van der Waals surface area (Å²) in [4.78, 5) is 49.4. The lowest BCUT2D eigenvalue weighted by atomic mass is 10.0. The summed E-state index contributed by atoms with van der Waals surface area (Å²) in [6, 6.07) is -2.45. The molecule has 0 radical (unpaired) electrons. The number of carbonyl (C=O) groups is 4. The van der Waals surface area contributed by atoms with E-state index in [2.05, 4.69) is 16.1 Å². The topological polar surface area (TPSA) is 126 Å². The van der Waals surface area contributed by atoms with Crippen molar-refractivity contribution in [1.29, 1.82) is 0 Å². The molecule has 0 saturated carbocycles. The molecule has 1 aliphatic heterocycles. The number of rotatable bonds is 8. The molecule has 11 heteroatoms. The van der Waals surface area contributed by atoms with Crippen LogP contribution in [0.4, 0.5) is 4.79 Å². The fourth-order valence-electron chi connectivity index (χ4n) is 3.03. The van der Waals surface area contributed by atoms with E-state index in [4.69, 9.17) is 21.1 Å². The first-order valence-corrected chi connectivity index (χ1v) is 11.6. The van der Waals surface area contributed by atoms with Crippen molar-refractivity contribution in [2.24, 2.45) is 5.92 Å². The third-order valence-electron chi connectivity index (χ3n) is 4.64. The first-order valence-electron chi connectivity index (χ1n) is 11.2. The molecule has 0 aromatic heterocycles. The van der Waals surface area contributed by atoms with Crippen LogP contribution in [0.3, 0.4) is 0 Å². The van der Waals surface area contributed by atoms with Crippen molar-refractivity contribution in [3.8, 4) is 0 Å². The number of nitrogens with one attached hydrogen (secondary N) is 3. The molecule has 0 aromatic rings. The average molecular weight is 491 g/mol. The van der Waals surface area contributed by atoms with E-state index in [1.165, 1.54) is 5.01 Å². The Balaban J connectivity index is 2.70. The van der Waals surface area contributed by atoms with Gasteiger partial charge in [0.2, 0.25) is 5.91 Å². The largest absolute Gasteiger partial charge is 0.463 e. The number of hydrazine groups is 1. The van der Waals surface area contributed by atoms with Crippen LogP contribution >= 0.6 is 11.6 Å². The van der Waals surface area contributed by atoms with Crippen molar-refractivity contribution >= 4 is 35.5 Å². The minimum Gasteiger partial charge on any atom is -0.463 e. The summed E-state index contributed by atoms with van der Waals surface area (Å²) in [6.45, 7) is 14.2. The molecule has 0 bridgehead atoms. The van der Waals surface area contributed by atoms with Crippen molar-refractivity contribution < 1.29 is 28.7 Å². The van der Waals surface area contributed by atoms with Gasteiger partial charge in [0.15, 0.2) is 0 Å². The number of halogens is 1. The minimum atomic E-state index is -0.886. The van der Waals surface area contributed by atoms with Gasteiger partial charge in [-0.15, -0.1) is 11.6 Å². The molecule has 3 N–H and O–H groups in total. The third-order valence-corrected chi connectivity index (χ3v) is 4.75. The first kappa shape index (κ1) is 29.0. The number of carbonyl (C=O) groups excluding carboxylic acids is 4. The highest BCUT2D eigenvalue weighted by molar-refractivity contribution is 6.23. The molecule has 10 nitrogen and oxygen atoms in total. The van der Waals surface area contributed by atoms with Crippen LogP contribution in [-0.2, 0) is 23.9 Å². The molecule has 33 heavy (non-hydrogen) atoms. The smallest absolute Gasteiger partial charge is 0.408 e. The lowest BCUT2D eigenvalue weighted by Gasteiger charge is -2.35.